The van der Waals surface area contributed by atoms with Crippen LogP contribution >= 0.6 is 23.2 Å². The molecule has 0 unspecified atom stereocenters. The summed E-state index contributed by atoms with van der Waals surface area (Å²) in [5, 5.41) is 7.36. The van der Waals surface area contributed by atoms with Gasteiger partial charge in [0.1, 0.15) is 5.65 Å². The molecule has 0 radical (unpaired) electrons. The molecule has 5 aromatic rings. The van der Waals surface area contributed by atoms with Crippen LogP contribution in [0.1, 0.15) is 36.1 Å². The molecule has 2 saturated heterocycles. The molecular weight excluding hydrogens is 715 g/mol. The summed E-state index contributed by atoms with van der Waals surface area (Å²) in [5.41, 5.74) is 6.94. The topological polar surface area (TPSA) is 127 Å². The van der Waals surface area contributed by atoms with Gasteiger partial charge in [0, 0.05) is 78.3 Å². The number of carbonyl (C=O) groups excluding carboxylic acids is 2. The number of hydrogen-bond donors (Lipinski definition) is 2. The van der Waals surface area contributed by atoms with Crippen molar-refractivity contribution >= 4 is 40.7 Å². The van der Waals surface area contributed by atoms with Gasteiger partial charge in [0.25, 0.3) is 5.56 Å². The molecule has 13 heteroatoms. The van der Waals surface area contributed by atoms with Crippen LogP contribution in [0.15, 0.2) is 71.7 Å². The number of hydrogen-bond acceptors (Lipinski definition) is 9. The van der Waals surface area contributed by atoms with Crippen LogP contribution in [0.4, 0.5) is 0 Å². The van der Waals surface area contributed by atoms with E-state index >= 15 is 0 Å². The van der Waals surface area contributed by atoms with E-state index in [0.717, 1.165) is 39.8 Å². The van der Waals surface area contributed by atoms with Crippen molar-refractivity contribution in [3.63, 3.8) is 0 Å². The Bertz CT molecular complexity index is 2280. The number of rotatable bonds is 11. The SMILES string of the molecule is COC(=O)[C@@H]1CCN(Cc2c(C)nc3cc(-c4cccc(-c5cccc(-c6ccc(CNC[C@H]7CCC(=O)N7)c(OC)n6)c5Cl)c4Cl)ccn3c2=O)C1. The largest absolute Gasteiger partial charge is 0.481 e. The van der Waals surface area contributed by atoms with Gasteiger partial charge in [0.05, 0.1) is 41.4 Å². The first-order chi connectivity index (χ1) is 25.6. The zero-order chi connectivity index (χ0) is 37.2. The second-order valence-electron chi connectivity index (χ2n) is 13.5. The molecule has 1 amide bonds. The fourth-order valence-electron chi connectivity index (χ4n) is 7.24. The van der Waals surface area contributed by atoms with Gasteiger partial charge in [0.2, 0.25) is 11.8 Å². The van der Waals surface area contributed by atoms with Crippen LogP contribution in [0, 0.1) is 12.8 Å². The van der Waals surface area contributed by atoms with E-state index < -0.39 is 0 Å². The summed E-state index contributed by atoms with van der Waals surface area (Å²) in [4.78, 5) is 48.9. The summed E-state index contributed by atoms with van der Waals surface area (Å²) in [6.45, 7) is 4.72. The predicted octanol–water partition coefficient (Wildman–Crippen LogP) is 6.08. The number of esters is 1. The molecule has 0 bridgehead atoms. The highest BCUT2D eigenvalue weighted by Gasteiger charge is 2.30. The predicted molar refractivity (Wildman–Crippen MR) is 205 cm³/mol. The minimum Gasteiger partial charge on any atom is -0.481 e. The number of carbonyl (C=O) groups is 2. The molecule has 2 aliphatic heterocycles. The molecule has 0 spiro atoms. The summed E-state index contributed by atoms with van der Waals surface area (Å²) in [6.07, 6.45) is 3.82. The van der Waals surface area contributed by atoms with Crippen LogP contribution in [0.5, 0.6) is 5.88 Å². The van der Waals surface area contributed by atoms with Crippen LogP contribution in [0.2, 0.25) is 10.0 Å². The summed E-state index contributed by atoms with van der Waals surface area (Å²) >= 11 is 14.3. The average Bonchev–Trinajstić information content (AvgIpc) is 3.82. The minimum atomic E-state index is -0.219. The summed E-state index contributed by atoms with van der Waals surface area (Å²) in [7, 11) is 2.99. The fraction of sp³-hybridized carbons (Fsp3) is 0.325. The molecule has 2 N–H and O–H groups in total. The van der Waals surface area contributed by atoms with Crippen molar-refractivity contribution in [1.29, 1.82) is 0 Å². The maximum absolute atomic E-state index is 13.6. The lowest BCUT2D eigenvalue weighted by molar-refractivity contribution is -0.145. The number of benzene rings is 2. The van der Waals surface area contributed by atoms with E-state index in [1.807, 2.05) is 67.6 Å². The number of likely N-dealkylation sites (tertiary alicyclic amines) is 1. The number of amides is 1. The lowest BCUT2D eigenvalue weighted by atomic mass is 9.97. The Labute approximate surface area is 317 Å². The highest BCUT2D eigenvalue weighted by Crippen LogP contribution is 2.42. The molecule has 0 aliphatic carbocycles. The van der Waals surface area contributed by atoms with E-state index in [1.165, 1.54) is 7.11 Å². The van der Waals surface area contributed by atoms with Gasteiger partial charge < -0.3 is 20.1 Å². The Morgan fingerprint density at radius 3 is 2.42 bits per heavy atom. The number of aromatic nitrogens is 3. The molecule has 274 valence electrons. The Kier molecular flexibility index (Phi) is 10.8. The maximum atomic E-state index is 13.6. The first-order valence-corrected chi connectivity index (χ1v) is 18.3. The van der Waals surface area contributed by atoms with Crippen LogP contribution < -0.4 is 20.9 Å². The highest BCUT2D eigenvalue weighted by molar-refractivity contribution is 6.39. The lowest BCUT2D eigenvalue weighted by Crippen LogP contribution is -2.35. The van der Waals surface area contributed by atoms with Crippen LogP contribution in [-0.4, -0.2) is 71.0 Å². The van der Waals surface area contributed by atoms with E-state index in [4.69, 9.17) is 42.6 Å². The third-order valence-corrected chi connectivity index (χ3v) is 10.9. The van der Waals surface area contributed by atoms with Crippen molar-refractivity contribution in [3.8, 4) is 39.4 Å². The first-order valence-electron chi connectivity index (χ1n) is 17.6. The molecule has 11 nitrogen and oxygen atoms in total. The quantitative estimate of drug-likeness (QED) is 0.154. The van der Waals surface area contributed by atoms with Crippen molar-refractivity contribution in [1.82, 2.24) is 29.9 Å². The molecule has 2 fully saturated rings. The van der Waals surface area contributed by atoms with Crippen molar-refractivity contribution in [2.45, 2.75) is 45.3 Å². The average molecular weight is 756 g/mol. The molecule has 5 heterocycles. The molecule has 3 aromatic heterocycles. The highest BCUT2D eigenvalue weighted by atomic mass is 35.5. The van der Waals surface area contributed by atoms with Gasteiger partial charge in [-0.1, -0.05) is 65.7 Å². The van der Waals surface area contributed by atoms with Gasteiger partial charge in [-0.3, -0.25) is 23.7 Å². The molecular formula is C40H40Cl2N6O5. The third-order valence-electron chi connectivity index (χ3n) is 10.1. The second kappa shape index (κ2) is 15.7. The summed E-state index contributed by atoms with van der Waals surface area (Å²) in [6, 6.07) is 19.3. The van der Waals surface area contributed by atoms with E-state index in [-0.39, 0.29) is 29.4 Å². The number of pyridine rings is 2. The van der Waals surface area contributed by atoms with Crippen LogP contribution in [-0.2, 0) is 27.4 Å². The number of ether oxygens (including phenoxy) is 2. The van der Waals surface area contributed by atoms with E-state index in [9.17, 15) is 14.4 Å². The standard InChI is InChI=1S/C40H40Cl2N6O5/c1-23-32(22-47-16-14-26(21-47)40(51)53-3)39(50)48-17-15-24(18-34(48)44-23)28-6-4-7-29(36(28)41)30-8-5-9-31(37(30)42)33-12-10-25(38(46-33)52-2)19-43-20-27-11-13-35(49)45-27/h4-10,12,15,17-18,26-27,43H,11,13-14,16,19-22H2,1-3H3,(H,45,49)/t26-,27-/m1/s1. The Balaban J connectivity index is 1.13. The number of methoxy groups -OCH3 is 2. The van der Waals surface area contributed by atoms with Gasteiger partial charge in [-0.15, -0.1) is 0 Å². The smallest absolute Gasteiger partial charge is 0.310 e. The van der Waals surface area contributed by atoms with E-state index in [0.29, 0.717) is 84.1 Å². The number of nitrogens with one attached hydrogen (secondary N) is 2. The number of fused-ring (bicyclic) bond motifs is 1. The molecule has 2 aromatic carbocycles. The minimum absolute atomic E-state index is 0.0909. The van der Waals surface area contributed by atoms with Crippen molar-refractivity contribution in [2.75, 3.05) is 33.9 Å². The Morgan fingerprint density at radius 2 is 1.70 bits per heavy atom. The molecule has 53 heavy (non-hydrogen) atoms. The molecule has 0 saturated carbocycles. The summed E-state index contributed by atoms with van der Waals surface area (Å²) in [5.74, 6) is 0.176. The summed E-state index contributed by atoms with van der Waals surface area (Å²) < 4.78 is 12.1. The fourth-order valence-corrected chi connectivity index (χ4v) is 7.90. The monoisotopic (exact) mass is 754 g/mol. The van der Waals surface area contributed by atoms with Crippen molar-refractivity contribution < 1.29 is 19.1 Å². The molecule has 2 atom stereocenters. The van der Waals surface area contributed by atoms with Gasteiger partial charge in [-0.2, -0.15) is 0 Å². The number of nitrogens with zero attached hydrogens (tertiary/aromatic N) is 4. The van der Waals surface area contributed by atoms with E-state index in [2.05, 4.69) is 15.5 Å². The van der Waals surface area contributed by atoms with Crippen molar-refractivity contribution in [3.05, 3.63) is 104 Å². The van der Waals surface area contributed by atoms with Gasteiger partial charge in [-0.25, -0.2) is 9.97 Å². The van der Waals surface area contributed by atoms with Gasteiger partial charge in [-0.05, 0) is 50.1 Å². The number of aryl methyl sites for hydroxylation is 1. The van der Waals surface area contributed by atoms with Crippen LogP contribution in [0.3, 0.4) is 0 Å². The number of halogens is 2. The zero-order valence-electron chi connectivity index (χ0n) is 29.7. The maximum Gasteiger partial charge on any atom is 0.310 e. The Hall–Kier alpha value is -4.81. The zero-order valence-corrected chi connectivity index (χ0v) is 31.3. The van der Waals surface area contributed by atoms with Gasteiger partial charge >= 0.3 is 5.97 Å². The van der Waals surface area contributed by atoms with Gasteiger partial charge in [0.15, 0.2) is 0 Å². The molecule has 7 rings (SSSR count). The third kappa shape index (κ3) is 7.52. The normalized spacial score (nSPS) is 17.3. The lowest BCUT2D eigenvalue weighted by Gasteiger charge is -2.17. The Morgan fingerprint density at radius 1 is 0.962 bits per heavy atom. The van der Waals surface area contributed by atoms with E-state index in [1.54, 1.807) is 17.7 Å². The van der Waals surface area contributed by atoms with Crippen LogP contribution in [0.25, 0.3) is 39.2 Å². The second-order valence-corrected chi connectivity index (χ2v) is 14.3. The molecule has 2 aliphatic rings. The first kappa shape index (κ1) is 36.5. The van der Waals surface area contributed by atoms with Crippen molar-refractivity contribution in [2.24, 2.45) is 5.92 Å².